The van der Waals surface area contributed by atoms with Crippen LogP contribution in [0.5, 0.6) is 5.75 Å². The standard InChI is InChI=1S/C20H21NO5/c21-17(19(22)23)13-18(20(24)25)26-16-11-9-15(10-12-16)8-4-7-14-5-2-1-3-6-14/h1-7,9-12,17-18H,8,13,21H2,(H,22,23)(H,24,25). The van der Waals surface area contributed by atoms with Crippen LogP contribution in [0.1, 0.15) is 17.5 Å². The van der Waals surface area contributed by atoms with E-state index in [9.17, 15) is 9.59 Å². The van der Waals surface area contributed by atoms with Crippen LogP contribution in [0.15, 0.2) is 60.7 Å². The number of hydrogen-bond acceptors (Lipinski definition) is 4. The van der Waals surface area contributed by atoms with Crippen molar-refractivity contribution >= 4 is 18.0 Å². The molecule has 0 saturated heterocycles. The lowest BCUT2D eigenvalue weighted by Gasteiger charge is -2.17. The Morgan fingerprint density at radius 1 is 1.00 bits per heavy atom. The molecular formula is C20H21NO5. The van der Waals surface area contributed by atoms with Crippen molar-refractivity contribution in [2.45, 2.75) is 25.0 Å². The van der Waals surface area contributed by atoms with Gasteiger partial charge in [0.2, 0.25) is 0 Å². The fraction of sp³-hybridized carbons (Fsp3) is 0.200. The molecule has 0 aromatic heterocycles. The second-order valence-electron chi connectivity index (χ2n) is 5.79. The summed E-state index contributed by atoms with van der Waals surface area (Å²) in [6.07, 6.45) is 3.16. The number of carboxylic acids is 2. The summed E-state index contributed by atoms with van der Waals surface area (Å²) >= 11 is 0. The van der Waals surface area contributed by atoms with Crippen LogP contribution in [-0.2, 0) is 16.0 Å². The minimum atomic E-state index is -1.31. The van der Waals surface area contributed by atoms with Crippen molar-refractivity contribution in [1.82, 2.24) is 0 Å². The summed E-state index contributed by atoms with van der Waals surface area (Å²) in [6.45, 7) is 0. The van der Waals surface area contributed by atoms with E-state index in [0.29, 0.717) is 5.75 Å². The van der Waals surface area contributed by atoms with Crippen LogP contribution in [0.25, 0.3) is 6.08 Å². The molecule has 4 N–H and O–H groups in total. The Hall–Kier alpha value is -3.12. The molecule has 0 aliphatic carbocycles. The van der Waals surface area contributed by atoms with Crippen molar-refractivity contribution in [3.8, 4) is 5.75 Å². The number of benzene rings is 2. The number of nitrogens with two attached hydrogens (primary N) is 1. The molecule has 0 spiro atoms. The molecule has 2 rings (SSSR count). The summed E-state index contributed by atoms with van der Waals surface area (Å²) in [5.41, 5.74) is 7.54. The van der Waals surface area contributed by atoms with Gasteiger partial charge in [-0.15, -0.1) is 0 Å². The maximum absolute atomic E-state index is 11.2. The van der Waals surface area contributed by atoms with E-state index in [-0.39, 0.29) is 6.42 Å². The zero-order chi connectivity index (χ0) is 18.9. The molecule has 0 bridgehead atoms. The van der Waals surface area contributed by atoms with E-state index in [4.69, 9.17) is 20.7 Å². The molecule has 0 amide bonds. The number of aliphatic carboxylic acids is 2. The SMILES string of the molecule is NC(CC(Oc1ccc(CC=Cc2ccccc2)cc1)C(=O)O)C(=O)O. The quantitative estimate of drug-likeness (QED) is 0.638. The highest BCUT2D eigenvalue weighted by Gasteiger charge is 2.26. The lowest BCUT2D eigenvalue weighted by atomic mass is 10.1. The molecule has 2 aromatic rings. The van der Waals surface area contributed by atoms with Gasteiger partial charge in [0.25, 0.3) is 0 Å². The zero-order valence-electron chi connectivity index (χ0n) is 14.1. The Bertz CT molecular complexity index is 756. The minimum absolute atomic E-state index is 0.313. The maximum Gasteiger partial charge on any atom is 0.344 e. The molecule has 0 aliphatic rings. The average molecular weight is 355 g/mol. The predicted molar refractivity (Wildman–Crippen MR) is 97.9 cm³/mol. The molecule has 6 heteroatoms. The highest BCUT2D eigenvalue weighted by atomic mass is 16.5. The van der Waals surface area contributed by atoms with Gasteiger partial charge in [-0.3, -0.25) is 4.79 Å². The fourth-order valence-corrected chi connectivity index (χ4v) is 2.29. The molecule has 0 heterocycles. The molecule has 6 nitrogen and oxygen atoms in total. The fourth-order valence-electron chi connectivity index (χ4n) is 2.29. The highest BCUT2D eigenvalue weighted by molar-refractivity contribution is 5.77. The third kappa shape index (κ3) is 6.07. The molecule has 2 unspecified atom stereocenters. The first kappa shape index (κ1) is 19.2. The molecule has 0 fully saturated rings. The summed E-state index contributed by atoms with van der Waals surface area (Å²) in [4.78, 5) is 22.0. The zero-order valence-corrected chi connectivity index (χ0v) is 14.1. The minimum Gasteiger partial charge on any atom is -0.480 e. The van der Waals surface area contributed by atoms with Crippen LogP contribution in [-0.4, -0.2) is 34.3 Å². The molecule has 0 saturated carbocycles. The van der Waals surface area contributed by atoms with Gasteiger partial charge in [0, 0.05) is 6.42 Å². The van der Waals surface area contributed by atoms with E-state index in [2.05, 4.69) is 0 Å². The number of carboxylic acid groups (broad SMARTS) is 2. The lowest BCUT2D eigenvalue weighted by Crippen LogP contribution is -2.39. The topological polar surface area (TPSA) is 110 Å². The molecule has 2 aromatic carbocycles. The number of allylic oxidation sites excluding steroid dienone is 1. The first-order valence-electron chi connectivity index (χ1n) is 8.14. The van der Waals surface area contributed by atoms with E-state index >= 15 is 0 Å². The van der Waals surface area contributed by atoms with E-state index in [1.807, 2.05) is 54.6 Å². The smallest absolute Gasteiger partial charge is 0.344 e. The summed E-state index contributed by atoms with van der Waals surface area (Å²) in [5.74, 6) is -2.16. The van der Waals surface area contributed by atoms with Crippen LogP contribution < -0.4 is 10.5 Å². The summed E-state index contributed by atoms with van der Waals surface area (Å²) in [5, 5.41) is 18.0. The van der Waals surface area contributed by atoms with Crippen molar-refractivity contribution in [3.05, 3.63) is 71.8 Å². The molecule has 136 valence electrons. The Morgan fingerprint density at radius 3 is 2.23 bits per heavy atom. The van der Waals surface area contributed by atoms with Crippen LogP contribution in [0.4, 0.5) is 0 Å². The number of hydrogen-bond donors (Lipinski definition) is 3. The maximum atomic E-state index is 11.2. The Labute approximate surface area is 151 Å². The summed E-state index contributed by atoms with van der Waals surface area (Å²) in [6, 6.07) is 15.6. The van der Waals surface area contributed by atoms with Gasteiger partial charge in [-0.25, -0.2) is 4.79 Å². The van der Waals surface area contributed by atoms with Crippen LogP contribution >= 0.6 is 0 Å². The third-order valence-corrected chi connectivity index (χ3v) is 3.73. The average Bonchev–Trinajstić information content (AvgIpc) is 2.63. The molecular weight excluding hydrogens is 334 g/mol. The van der Waals surface area contributed by atoms with Gasteiger partial charge in [0.15, 0.2) is 6.10 Å². The van der Waals surface area contributed by atoms with E-state index < -0.39 is 24.1 Å². The van der Waals surface area contributed by atoms with Crippen LogP contribution in [0, 0.1) is 0 Å². The first-order valence-corrected chi connectivity index (χ1v) is 8.14. The second-order valence-corrected chi connectivity index (χ2v) is 5.79. The van der Waals surface area contributed by atoms with Crippen molar-refractivity contribution in [1.29, 1.82) is 0 Å². The first-order chi connectivity index (χ1) is 12.5. The van der Waals surface area contributed by atoms with E-state index in [1.165, 1.54) is 0 Å². The van der Waals surface area contributed by atoms with Crippen LogP contribution in [0.3, 0.4) is 0 Å². The van der Waals surface area contributed by atoms with Gasteiger partial charge >= 0.3 is 11.9 Å². The van der Waals surface area contributed by atoms with E-state index in [0.717, 1.165) is 17.5 Å². The largest absolute Gasteiger partial charge is 0.480 e. The third-order valence-electron chi connectivity index (χ3n) is 3.73. The van der Waals surface area contributed by atoms with Crippen molar-refractivity contribution in [2.75, 3.05) is 0 Å². The molecule has 0 aliphatic heterocycles. The molecule has 0 radical (unpaired) electrons. The Kier molecular flexibility index (Phi) is 6.93. The Morgan fingerprint density at radius 2 is 1.65 bits per heavy atom. The van der Waals surface area contributed by atoms with Gasteiger partial charge in [0.05, 0.1) is 0 Å². The van der Waals surface area contributed by atoms with Crippen molar-refractivity contribution in [3.63, 3.8) is 0 Å². The summed E-state index contributed by atoms with van der Waals surface area (Å²) in [7, 11) is 0. The Balaban J connectivity index is 1.94. The van der Waals surface area contributed by atoms with Crippen molar-refractivity contribution < 1.29 is 24.5 Å². The van der Waals surface area contributed by atoms with Gasteiger partial charge < -0.3 is 20.7 Å². The van der Waals surface area contributed by atoms with Gasteiger partial charge in [-0.2, -0.15) is 0 Å². The highest BCUT2D eigenvalue weighted by Crippen LogP contribution is 2.17. The van der Waals surface area contributed by atoms with Gasteiger partial charge in [0.1, 0.15) is 11.8 Å². The van der Waals surface area contributed by atoms with Gasteiger partial charge in [-0.05, 0) is 29.7 Å². The number of rotatable bonds is 9. The predicted octanol–water partition coefficient (Wildman–Crippen LogP) is 2.58. The molecule has 2 atom stereocenters. The van der Waals surface area contributed by atoms with Crippen molar-refractivity contribution in [2.24, 2.45) is 5.73 Å². The van der Waals surface area contributed by atoms with E-state index in [1.54, 1.807) is 12.1 Å². The number of carbonyl (C=O) groups is 2. The van der Waals surface area contributed by atoms with Crippen LogP contribution in [0.2, 0.25) is 0 Å². The number of ether oxygens (including phenoxy) is 1. The molecule has 26 heavy (non-hydrogen) atoms. The monoisotopic (exact) mass is 355 g/mol. The second kappa shape index (κ2) is 9.39. The lowest BCUT2D eigenvalue weighted by molar-refractivity contribution is -0.146. The summed E-state index contributed by atoms with van der Waals surface area (Å²) < 4.78 is 5.36. The normalized spacial score (nSPS) is 13.3. The van der Waals surface area contributed by atoms with Gasteiger partial charge in [-0.1, -0.05) is 54.6 Å².